The largest absolute Gasteiger partial charge is 0.456 e. The van der Waals surface area contributed by atoms with Crippen LogP contribution in [0.15, 0.2) is 162 Å². The van der Waals surface area contributed by atoms with Gasteiger partial charge in [-0.05, 0) is 36.3 Å². The van der Waals surface area contributed by atoms with E-state index in [0.29, 0.717) is 44.7 Å². The molecule has 208 valence electrons. The molecule has 0 radical (unpaired) electrons. The number of benzene rings is 6. The Bertz CT molecular complexity index is 2610. The smallest absolute Gasteiger partial charge is 0.164 e. The third-order valence-corrected chi connectivity index (χ3v) is 7.08. The topological polar surface area (TPSA) is 55.1 Å². The monoisotopic (exact) mass is 576 g/mol. The van der Waals surface area contributed by atoms with Crippen molar-refractivity contribution in [3.05, 3.63) is 157 Å². The van der Waals surface area contributed by atoms with E-state index in [9.17, 15) is 0 Å². The van der Waals surface area contributed by atoms with E-state index in [0.717, 1.165) is 4.90 Å². The molecule has 0 N–H and O–H groups in total. The second kappa shape index (κ2) is 11.0. The summed E-state index contributed by atoms with van der Waals surface area (Å²) in [5.74, 6) is 0.918. The van der Waals surface area contributed by atoms with E-state index in [1.54, 1.807) is 18.2 Å². The second-order valence-corrected chi connectivity index (χ2v) is 9.79. The molecular formula is C39H26N4O. The fourth-order valence-electron chi connectivity index (χ4n) is 5.15. The Morgan fingerprint density at radius 2 is 1.02 bits per heavy atom. The first-order valence-corrected chi connectivity index (χ1v) is 13.7. The summed E-state index contributed by atoms with van der Waals surface area (Å²) >= 11 is 0. The molecule has 0 aliphatic rings. The van der Waals surface area contributed by atoms with Crippen LogP contribution in [-0.4, -0.2) is 15.0 Å². The molecular weight excluding hydrogens is 540 g/mol. The molecule has 2 heterocycles. The number of nitrogens with zero attached hydrogens (tertiary/aromatic N) is 4. The number of rotatable bonds is 6. The summed E-state index contributed by atoms with van der Waals surface area (Å²) in [6.07, 6.45) is 0. The van der Waals surface area contributed by atoms with Crippen molar-refractivity contribution < 1.29 is 18.1 Å². The number of furan rings is 1. The summed E-state index contributed by atoms with van der Waals surface area (Å²) in [6.45, 7) is 0. The first-order valence-electron chi connectivity index (χ1n) is 18.7. The lowest BCUT2D eigenvalue weighted by molar-refractivity contribution is 0.669. The number of anilines is 3. The average Bonchev–Trinajstić information content (AvgIpc) is 3.59. The maximum absolute atomic E-state index is 8.95. The Hall–Kier alpha value is -6.07. The lowest BCUT2D eigenvalue weighted by atomic mass is 10.0. The van der Waals surface area contributed by atoms with Gasteiger partial charge in [-0.3, -0.25) is 0 Å². The maximum atomic E-state index is 8.95. The molecule has 0 fully saturated rings. The zero-order valence-corrected chi connectivity index (χ0v) is 22.9. The molecule has 44 heavy (non-hydrogen) atoms. The van der Waals surface area contributed by atoms with Crippen molar-refractivity contribution >= 4 is 39.0 Å². The summed E-state index contributed by atoms with van der Waals surface area (Å²) in [4.78, 5) is 15.8. The summed E-state index contributed by atoms with van der Waals surface area (Å²) < 4.78 is 92.6. The Morgan fingerprint density at radius 1 is 0.500 bits per heavy atom. The summed E-state index contributed by atoms with van der Waals surface area (Å²) in [5, 5.41) is 1.29. The minimum atomic E-state index is -0.675. The van der Waals surface area contributed by atoms with Gasteiger partial charge in [-0.25, -0.2) is 15.0 Å². The molecule has 0 bridgehead atoms. The molecule has 0 unspecified atom stereocenters. The van der Waals surface area contributed by atoms with E-state index in [-0.39, 0.29) is 17.1 Å². The molecule has 0 saturated heterocycles. The lowest BCUT2D eigenvalue weighted by Crippen LogP contribution is -2.10. The fraction of sp³-hybridized carbons (Fsp3) is 0. The molecule has 0 aliphatic carbocycles. The van der Waals surface area contributed by atoms with E-state index in [1.165, 1.54) is 6.07 Å². The van der Waals surface area contributed by atoms with Gasteiger partial charge >= 0.3 is 0 Å². The zero-order valence-electron chi connectivity index (χ0n) is 32.9. The summed E-state index contributed by atoms with van der Waals surface area (Å²) in [6, 6.07) is 22.5. The van der Waals surface area contributed by atoms with Crippen molar-refractivity contribution in [2.45, 2.75) is 0 Å². The van der Waals surface area contributed by atoms with Crippen molar-refractivity contribution in [1.29, 1.82) is 0 Å². The van der Waals surface area contributed by atoms with Crippen LogP contribution in [0.1, 0.15) is 13.7 Å². The van der Waals surface area contributed by atoms with E-state index in [2.05, 4.69) is 0 Å². The van der Waals surface area contributed by atoms with Gasteiger partial charge in [-0.1, -0.05) is 115 Å². The summed E-state index contributed by atoms with van der Waals surface area (Å²) in [7, 11) is 0. The van der Waals surface area contributed by atoms with Gasteiger partial charge in [0.2, 0.25) is 0 Å². The number of aromatic nitrogens is 3. The number of hydrogen-bond acceptors (Lipinski definition) is 5. The third kappa shape index (κ3) is 4.67. The van der Waals surface area contributed by atoms with Gasteiger partial charge in [-0.15, -0.1) is 0 Å². The van der Waals surface area contributed by atoms with Gasteiger partial charge in [-0.2, -0.15) is 0 Å². The highest BCUT2D eigenvalue weighted by Gasteiger charge is 2.22. The second-order valence-electron chi connectivity index (χ2n) is 9.79. The molecule has 0 amide bonds. The van der Waals surface area contributed by atoms with E-state index in [1.807, 2.05) is 72.8 Å². The highest BCUT2D eigenvalue weighted by molar-refractivity contribution is 6.13. The molecule has 0 atom stereocenters. The molecule has 0 saturated carbocycles. The molecule has 5 heteroatoms. The number of hydrogen-bond donors (Lipinski definition) is 0. The molecule has 0 spiro atoms. The van der Waals surface area contributed by atoms with Crippen molar-refractivity contribution in [1.82, 2.24) is 15.0 Å². The summed E-state index contributed by atoms with van der Waals surface area (Å²) in [5.41, 5.74) is 1.76. The Balaban J connectivity index is 1.53. The maximum Gasteiger partial charge on any atom is 0.164 e. The molecule has 8 rings (SSSR count). The normalized spacial score (nSPS) is 14.4. The van der Waals surface area contributed by atoms with Crippen LogP contribution in [0.4, 0.5) is 17.1 Å². The van der Waals surface area contributed by atoms with Crippen LogP contribution >= 0.6 is 0 Å². The van der Waals surface area contributed by atoms with Gasteiger partial charge in [0.05, 0.1) is 19.4 Å². The zero-order chi connectivity index (χ0) is 38.0. The van der Waals surface area contributed by atoms with Crippen LogP contribution in [0.5, 0.6) is 0 Å². The predicted octanol–water partition coefficient (Wildman–Crippen LogP) is 10.2. The van der Waals surface area contributed by atoms with Crippen molar-refractivity contribution in [2.24, 2.45) is 0 Å². The van der Waals surface area contributed by atoms with Crippen LogP contribution in [0.2, 0.25) is 0 Å². The highest BCUT2D eigenvalue weighted by Crippen LogP contribution is 2.43. The predicted molar refractivity (Wildman–Crippen MR) is 178 cm³/mol. The Labute approximate surface area is 268 Å². The van der Waals surface area contributed by atoms with Crippen molar-refractivity contribution in [3.8, 4) is 34.2 Å². The molecule has 8 aromatic rings. The van der Waals surface area contributed by atoms with E-state index < -0.39 is 71.8 Å². The minimum Gasteiger partial charge on any atom is -0.456 e. The van der Waals surface area contributed by atoms with Gasteiger partial charge in [0.25, 0.3) is 0 Å². The first-order chi connectivity index (χ1) is 26.0. The highest BCUT2D eigenvalue weighted by atomic mass is 16.3. The quantitative estimate of drug-likeness (QED) is 0.197. The Kier molecular flexibility index (Phi) is 4.27. The van der Waals surface area contributed by atoms with Gasteiger partial charge < -0.3 is 9.32 Å². The Morgan fingerprint density at radius 3 is 1.61 bits per heavy atom. The van der Waals surface area contributed by atoms with Gasteiger partial charge in [0.1, 0.15) is 11.2 Å². The minimum absolute atomic E-state index is 0.0524. The van der Waals surface area contributed by atoms with Gasteiger partial charge in [0.15, 0.2) is 17.5 Å². The van der Waals surface area contributed by atoms with Crippen LogP contribution in [0, 0.1) is 0 Å². The van der Waals surface area contributed by atoms with E-state index >= 15 is 0 Å². The van der Waals surface area contributed by atoms with Crippen LogP contribution in [0.3, 0.4) is 0 Å². The fourth-order valence-corrected chi connectivity index (χ4v) is 5.15. The molecule has 5 nitrogen and oxygen atoms in total. The van der Waals surface area contributed by atoms with Crippen LogP contribution in [0.25, 0.3) is 56.1 Å². The average molecular weight is 577 g/mol. The standard InChI is InChI=1S/C39H26N4O/c1-5-15-27(16-6-1)37-40-38(28-17-7-2-8-18-28)42-39(41-37)33-25-31(26-35-36(33)32-23-13-14-24-34(32)44-35)43(29-19-9-3-10-20-29)30-21-11-4-12-22-30/h1-26H/i3D,4D,9D,10D,11D,12D,19D,20D,21D,22D. The van der Waals surface area contributed by atoms with Crippen molar-refractivity contribution in [3.63, 3.8) is 0 Å². The van der Waals surface area contributed by atoms with E-state index in [4.69, 9.17) is 33.1 Å². The molecule has 2 aromatic heterocycles. The molecule has 6 aromatic carbocycles. The SMILES string of the molecule is [2H]c1c([2H])c([2H])c(N(c2cc(-c3nc(-c4ccccc4)nc(-c4ccccc4)n3)c3c(c2)oc2ccccc23)c2c([2H])c([2H])c([2H])c([2H])c2[2H])c([2H])c1[2H]. The van der Waals surface area contributed by atoms with Crippen LogP contribution < -0.4 is 4.90 Å². The molecule has 0 aliphatic heterocycles. The lowest BCUT2D eigenvalue weighted by Gasteiger charge is -2.26. The first kappa shape index (κ1) is 17.1. The van der Waals surface area contributed by atoms with Gasteiger partial charge in [0, 0.05) is 44.9 Å². The number of fused-ring (bicyclic) bond motifs is 3. The third-order valence-electron chi connectivity index (χ3n) is 7.08. The number of para-hydroxylation sites is 3. The van der Waals surface area contributed by atoms with Crippen LogP contribution in [-0.2, 0) is 0 Å². The van der Waals surface area contributed by atoms with Crippen molar-refractivity contribution in [2.75, 3.05) is 4.90 Å².